The number of hydrogen-bond acceptors (Lipinski definition) is 4. The fourth-order valence-corrected chi connectivity index (χ4v) is 2.81. The molecule has 0 fully saturated rings. The lowest BCUT2D eigenvalue weighted by Crippen LogP contribution is -1.92. The molecule has 88 valence electrons. The maximum atomic E-state index is 5.83. The number of halogens is 1. The smallest absolute Gasteiger partial charge is 0.188 e. The Morgan fingerprint density at radius 1 is 1.35 bits per heavy atom. The molecule has 0 atom stereocenters. The van der Waals surface area contributed by atoms with Crippen molar-refractivity contribution in [1.29, 1.82) is 0 Å². The number of aromatic nitrogens is 2. The second kappa shape index (κ2) is 5.51. The Balaban J connectivity index is 2.10. The van der Waals surface area contributed by atoms with Gasteiger partial charge in [0.05, 0.1) is 0 Å². The highest BCUT2D eigenvalue weighted by Gasteiger charge is 2.05. The molecule has 1 aromatic heterocycles. The fourth-order valence-electron chi connectivity index (χ4n) is 1.35. The molecule has 0 saturated carbocycles. The molecule has 5 heteroatoms. The molecule has 0 spiro atoms. The van der Waals surface area contributed by atoms with Gasteiger partial charge in [-0.1, -0.05) is 23.9 Å². The minimum Gasteiger partial charge on any atom is -0.398 e. The Bertz CT molecular complexity index is 531. The molecule has 1 aromatic carbocycles. The number of nitrogens with two attached hydrogens (primary N) is 1. The van der Waals surface area contributed by atoms with Gasteiger partial charge in [0.15, 0.2) is 5.16 Å². The van der Waals surface area contributed by atoms with Gasteiger partial charge in [-0.05, 0) is 40.5 Å². The minimum absolute atomic E-state index is 0.758. The van der Waals surface area contributed by atoms with Crippen molar-refractivity contribution in [2.45, 2.75) is 17.8 Å². The summed E-state index contributed by atoms with van der Waals surface area (Å²) in [6.45, 7) is 1.96. The SMILES string of the molecule is Cc1ccnc(SCc2cccc(N)c2Br)n1. The summed E-state index contributed by atoms with van der Waals surface area (Å²) in [5.41, 5.74) is 8.72. The molecular formula is C12H12BrN3S. The number of rotatable bonds is 3. The number of thioether (sulfide) groups is 1. The van der Waals surface area contributed by atoms with E-state index in [1.54, 1.807) is 18.0 Å². The number of benzene rings is 1. The molecule has 0 bridgehead atoms. The van der Waals surface area contributed by atoms with Crippen molar-refractivity contribution in [2.24, 2.45) is 0 Å². The minimum atomic E-state index is 0.758. The number of hydrogen-bond donors (Lipinski definition) is 1. The predicted molar refractivity (Wildman–Crippen MR) is 74.9 cm³/mol. The van der Waals surface area contributed by atoms with Gasteiger partial charge in [0.25, 0.3) is 0 Å². The first-order valence-corrected chi connectivity index (χ1v) is 6.90. The van der Waals surface area contributed by atoms with E-state index in [1.165, 1.54) is 0 Å². The van der Waals surface area contributed by atoms with Crippen LogP contribution in [0.25, 0.3) is 0 Å². The molecule has 0 aliphatic carbocycles. The van der Waals surface area contributed by atoms with Crippen LogP contribution < -0.4 is 5.73 Å². The van der Waals surface area contributed by atoms with Crippen LogP contribution in [0.3, 0.4) is 0 Å². The molecule has 0 radical (unpaired) electrons. The second-order valence-electron chi connectivity index (χ2n) is 3.59. The Morgan fingerprint density at radius 3 is 2.94 bits per heavy atom. The van der Waals surface area contributed by atoms with Gasteiger partial charge in [0.1, 0.15) is 0 Å². The fraction of sp³-hybridized carbons (Fsp3) is 0.167. The zero-order valence-electron chi connectivity index (χ0n) is 9.35. The maximum absolute atomic E-state index is 5.83. The molecule has 0 saturated heterocycles. The van der Waals surface area contributed by atoms with E-state index in [0.717, 1.165) is 32.3 Å². The van der Waals surface area contributed by atoms with Crippen molar-refractivity contribution < 1.29 is 0 Å². The van der Waals surface area contributed by atoms with Crippen LogP contribution in [0.2, 0.25) is 0 Å². The first kappa shape index (κ1) is 12.4. The summed E-state index contributed by atoms with van der Waals surface area (Å²) >= 11 is 5.09. The van der Waals surface area contributed by atoms with Gasteiger partial charge in [0.2, 0.25) is 0 Å². The van der Waals surface area contributed by atoms with E-state index in [9.17, 15) is 0 Å². The third-order valence-corrected chi connectivity index (χ3v) is 4.12. The maximum Gasteiger partial charge on any atom is 0.188 e. The van der Waals surface area contributed by atoms with Gasteiger partial charge < -0.3 is 5.73 Å². The van der Waals surface area contributed by atoms with Crippen LogP contribution in [-0.2, 0) is 5.75 Å². The van der Waals surface area contributed by atoms with Crippen LogP contribution in [0, 0.1) is 6.92 Å². The summed E-state index contributed by atoms with van der Waals surface area (Å²) in [6, 6.07) is 7.76. The van der Waals surface area contributed by atoms with Crippen molar-refractivity contribution in [3.8, 4) is 0 Å². The van der Waals surface area contributed by atoms with Gasteiger partial charge >= 0.3 is 0 Å². The molecule has 0 aliphatic rings. The lowest BCUT2D eigenvalue weighted by Gasteiger charge is -2.06. The van der Waals surface area contributed by atoms with E-state index in [0.29, 0.717) is 0 Å². The molecular weight excluding hydrogens is 298 g/mol. The van der Waals surface area contributed by atoms with Crippen molar-refractivity contribution in [3.05, 3.63) is 46.2 Å². The van der Waals surface area contributed by atoms with E-state index in [4.69, 9.17) is 5.73 Å². The van der Waals surface area contributed by atoms with E-state index in [-0.39, 0.29) is 0 Å². The molecule has 1 heterocycles. The first-order valence-electron chi connectivity index (χ1n) is 5.12. The summed E-state index contributed by atoms with van der Waals surface area (Å²) in [7, 11) is 0. The normalized spacial score (nSPS) is 10.5. The topological polar surface area (TPSA) is 51.8 Å². The van der Waals surface area contributed by atoms with Crippen molar-refractivity contribution in [2.75, 3.05) is 5.73 Å². The molecule has 2 rings (SSSR count). The largest absolute Gasteiger partial charge is 0.398 e. The van der Waals surface area contributed by atoms with E-state index < -0.39 is 0 Å². The van der Waals surface area contributed by atoms with Crippen LogP contribution in [0.4, 0.5) is 5.69 Å². The third-order valence-electron chi connectivity index (χ3n) is 2.24. The van der Waals surface area contributed by atoms with Gasteiger partial charge in [-0.3, -0.25) is 0 Å². The first-order chi connectivity index (χ1) is 8.16. The Hall–Kier alpha value is -1.07. The monoisotopic (exact) mass is 309 g/mol. The standard InChI is InChI=1S/C12H12BrN3S/c1-8-5-6-15-12(16-8)17-7-9-3-2-4-10(14)11(9)13/h2-6H,7,14H2,1H3. The zero-order valence-corrected chi connectivity index (χ0v) is 11.8. The van der Waals surface area contributed by atoms with E-state index in [1.807, 2.05) is 31.2 Å². The van der Waals surface area contributed by atoms with Gasteiger partial charge in [-0.15, -0.1) is 0 Å². The number of aryl methyl sites for hydroxylation is 1. The summed E-state index contributed by atoms with van der Waals surface area (Å²) in [5, 5.41) is 0.791. The van der Waals surface area contributed by atoms with Gasteiger partial charge in [0, 0.05) is 27.8 Å². The highest BCUT2D eigenvalue weighted by Crippen LogP contribution is 2.28. The average Bonchev–Trinajstić information content (AvgIpc) is 2.31. The Kier molecular flexibility index (Phi) is 4.02. The van der Waals surface area contributed by atoms with Crippen LogP contribution in [-0.4, -0.2) is 9.97 Å². The van der Waals surface area contributed by atoms with Gasteiger partial charge in [-0.25, -0.2) is 9.97 Å². The Morgan fingerprint density at radius 2 is 2.18 bits per heavy atom. The third kappa shape index (κ3) is 3.20. The molecule has 0 aliphatic heterocycles. The zero-order chi connectivity index (χ0) is 12.3. The van der Waals surface area contributed by atoms with Crippen molar-refractivity contribution >= 4 is 33.4 Å². The van der Waals surface area contributed by atoms with Gasteiger partial charge in [-0.2, -0.15) is 0 Å². The molecule has 0 amide bonds. The van der Waals surface area contributed by atoms with Crippen molar-refractivity contribution in [1.82, 2.24) is 9.97 Å². The second-order valence-corrected chi connectivity index (χ2v) is 5.33. The number of anilines is 1. The lowest BCUT2D eigenvalue weighted by molar-refractivity contribution is 0.932. The Labute approximate surface area is 113 Å². The molecule has 2 aromatic rings. The number of nitrogens with zero attached hydrogens (tertiary/aromatic N) is 2. The molecule has 0 unspecified atom stereocenters. The summed E-state index contributed by atoms with van der Waals surface area (Å²) in [4.78, 5) is 8.56. The van der Waals surface area contributed by atoms with E-state index >= 15 is 0 Å². The highest BCUT2D eigenvalue weighted by molar-refractivity contribution is 9.10. The highest BCUT2D eigenvalue weighted by atomic mass is 79.9. The average molecular weight is 310 g/mol. The lowest BCUT2D eigenvalue weighted by atomic mass is 10.2. The molecule has 2 N–H and O–H groups in total. The summed E-state index contributed by atoms with van der Waals surface area (Å²) < 4.78 is 0.958. The van der Waals surface area contributed by atoms with Crippen LogP contribution in [0.15, 0.2) is 40.1 Å². The molecule has 17 heavy (non-hydrogen) atoms. The summed E-state index contributed by atoms with van der Waals surface area (Å²) in [5.74, 6) is 0.801. The van der Waals surface area contributed by atoms with Crippen LogP contribution in [0.1, 0.15) is 11.3 Å². The van der Waals surface area contributed by atoms with Crippen molar-refractivity contribution in [3.63, 3.8) is 0 Å². The predicted octanol–water partition coefficient (Wildman–Crippen LogP) is 3.42. The quantitative estimate of drug-likeness (QED) is 0.536. The van der Waals surface area contributed by atoms with Crippen LogP contribution >= 0.6 is 27.7 Å². The van der Waals surface area contributed by atoms with E-state index in [2.05, 4.69) is 25.9 Å². The molecule has 3 nitrogen and oxygen atoms in total. The summed E-state index contributed by atoms with van der Waals surface area (Å²) in [6.07, 6.45) is 1.78. The van der Waals surface area contributed by atoms with Crippen LogP contribution in [0.5, 0.6) is 0 Å². The number of nitrogen functional groups attached to an aromatic ring is 1.